The van der Waals surface area contributed by atoms with E-state index in [2.05, 4.69) is 80.7 Å². The Morgan fingerprint density at radius 2 is 1.24 bits per heavy atom. The standard InChI is InChI=1S/C24H23N/c1-6-18-14-10-12-16-20(18)24-22(8-3)25(5)21(7-2)23(24)19-15-11-9-13-17(19)4/h6-16H,1-3H2,4-5H3. The molecule has 2 aromatic carbocycles. The summed E-state index contributed by atoms with van der Waals surface area (Å²) >= 11 is 0. The minimum absolute atomic E-state index is 1.09. The van der Waals surface area contributed by atoms with Crippen molar-refractivity contribution in [3.05, 3.63) is 90.8 Å². The molecule has 1 aromatic heterocycles. The molecule has 124 valence electrons. The average molecular weight is 325 g/mol. The van der Waals surface area contributed by atoms with Crippen molar-refractivity contribution >= 4 is 18.2 Å². The van der Waals surface area contributed by atoms with Gasteiger partial charge >= 0.3 is 0 Å². The van der Waals surface area contributed by atoms with E-state index in [9.17, 15) is 0 Å². The molecule has 0 bridgehead atoms. The fraction of sp³-hybridized carbons (Fsp3) is 0.0833. The Bertz CT molecular complexity index is 970. The predicted molar refractivity (Wildman–Crippen MR) is 111 cm³/mol. The summed E-state index contributed by atoms with van der Waals surface area (Å²) in [7, 11) is 2.07. The molecule has 0 atom stereocenters. The zero-order chi connectivity index (χ0) is 18.0. The third-order valence-electron chi connectivity index (χ3n) is 4.74. The molecule has 0 saturated heterocycles. The second-order valence-electron chi connectivity index (χ2n) is 6.09. The summed E-state index contributed by atoms with van der Waals surface area (Å²) < 4.78 is 2.16. The Labute approximate surface area is 150 Å². The van der Waals surface area contributed by atoms with Gasteiger partial charge in [-0.05, 0) is 41.3 Å². The van der Waals surface area contributed by atoms with E-state index in [1.54, 1.807) is 0 Å². The molecule has 3 aromatic rings. The summed E-state index contributed by atoms with van der Waals surface area (Å²) in [5, 5.41) is 0. The number of nitrogens with zero attached hydrogens (tertiary/aromatic N) is 1. The van der Waals surface area contributed by atoms with Gasteiger partial charge in [0.15, 0.2) is 0 Å². The fourth-order valence-electron chi connectivity index (χ4n) is 3.50. The molecule has 0 amide bonds. The largest absolute Gasteiger partial charge is 0.344 e. The Balaban J connectivity index is 2.50. The van der Waals surface area contributed by atoms with Crippen LogP contribution in [0.3, 0.4) is 0 Å². The summed E-state index contributed by atoms with van der Waals surface area (Å²) in [6.07, 6.45) is 5.75. The molecule has 0 aliphatic heterocycles. The Hall–Kier alpha value is -3.06. The zero-order valence-corrected chi connectivity index (χ0v) is 14.9. The highest BCUT2D eigenvalue weighted by atomic mass is 15.0. The van der Waals surface area contributed by atoms with E-state index < -0.39 is 0 Å². The molecule has 1 heterocycles. The molecule has 3 rings (SSSR count). The van der Waals surface area contributed by atoms with Gasteiger partial charge in [0.2, 0.25) is 0 Å². The highest BCUT2D eigenvalue weighted by Gasteiger charge is 2.22. The molecule has 0 unspecified atom stereocenters. The van der Waals surface area contributed by atoms with Crippen LogP contribution in [-0.2, 0) is 7.05 Å². The van der Waals surface area contributed by atoms with E-state index in [4.69, 9.17) is 0 Å². The van der Waals surface area contributed by atoms with Crippen LogP contribution in [0.2, 0.25) is 0 Å². The van der Waals surface area contributed by atoms with E-state index in [1.165, 1.54) is 22.3 Å². The Morgan fingerprint density at radius 3 is 1.80 bits per heavy atom. The quantitative estimate of drug-likeness (QED) is 0.498. The molecule has 25 heavy (non-hydrogen) atoms. The lowest BCUT2D eigenvalue weighted by molar-refractivity contribution is 0.904. The first-order chi connectivity index (χ1) is 12.1. The van der Waals surface area contributed by atoms with Gasteiger partial charge in [0.25, 0.3) is 0 Å². The van der Waals surface area contributed by atoms with Crippen LogP contribution in [0.25, 0.3) is 40.5 Å². The molecule has 0 aliphatic rings. The van der Waals surface area contributed by atoms with Crippen molar-refractivity contribution in [2.45, 2.75) is 6.92 Å². The molecule has 1 nitrogen and oxygen atoms in total. The monoisotopic (exact) mass is 325 g/mol. The average Bonchev–Trinajstić information content (AvgIpc) is 2.93. The second kappa shape index (κ2) is 6.82. The minimum Gasteiger partial charge on any atom is -0.344 e. The SMILES string of the molecule is C=Cc1ccccc1-c1c(-c2ccccc2C)c(C=C)n(C)c1C=C. The normalized spacial score (nSPS) is 10.5. The summed E-state index contributed by atoms with van der Waals surface area (Å²) in [6, 6.07) is 16.8. The molecule has 0 N–H and O–H groups in total. The van der Waals surface area contributed by atoms with Crippen LogP contribution < -0.4 is 0 Å². The van der Waals surface area contributed by atoms with Gasteiger partial charge in [-0.2, -0.15) is 0 Å². The molecule has 0 spiro atoms. The highest BCUT2D eigenvalue weighted by Crippen LogP contribution is 2.43. The first-order valence-corrected chi connectivity index (χ1v) is 8.39. The van der Waals surface area contributed by atoms with E-state index in [1.807, 2.05) is 24.3 Å². The maximum Gasteiger partial charge on any atom is 0.0489 e. The van der Waals surface area contributed by atoms with Crippen LogP contribution in [0.15, 0.2) is 68.3 Å². The van der Waals surface area contributed by atoms with Crippen LogP contribution in [0, 0.1) is 6.92 Å². The van der Waals surface area contributed by atoms with E-state index in [0.29, 0.717) is 0 Å². The van der Waals surface area contributed by atoms with Gasteiger partial charge in [-0.1, -0.05) is 74.3 Å². The molecule has 0 radical (unpaired) electrons. The van der Waals surface area contributed by atoms with Gasteiger partial charge in [-0.3, -0.25) is 0 Å². The van der Waals surface area contributed by atoms with Crippen molar-refractivity contribution in [3.8, 4) is 22.3 Å². The lowest BCUT2D eigenvalue weighted by Gasteiger charge is -2.12. The minimum atomic E-state index is 1.09. The summed E-state index contributed by atoms with van der Waals surface area (Å²) in [5.41, 5.74) is 9.28. The molecule has 1 heteroatoms. The van der Waals surface area contributed by atoms with Crippen molar-refractivity contribution < 1.29 is 0 Å². The Morgan fingerprint density at radius 1 is 0.720 bits per heavy atom. The van der Waals surface area contributed by atoms with Crippen LogP contribution in [0.4, 0.5) is 0 Å². The zero-order valence-electron chi connectivity index (χ0n) is 14.9. The van der Waals surface area contributed by atoms with Crippen LogP contribution in [0.1, 0.15) is 22.5 Å². The number of hydrogen-bond acceptors (Lipinski definition) is 0. The molecule has 0 fully saturated rings. The van der Waals surface area contributed by atoms with Gasteiger partial charge < -0.3 is 4.57 Å². The van der Waals surface area contributed by atoms with Crippen LogP contribution in [-0.4, -0.2) is 4.57 Å². The molecule has 0 saturated carbocycles. The summed E-state index contributed by atoms with van der Waals surface area (Å²) in [6.45, 7) is 14.2. The van der Waals surface area contributed by atoms with Gasteiger partial charge in [0.1, 0.15) is 0 Å². The van der Waals surface area contributed by atoms with E-state index in [0.717, 1.165) is 22.5 Å². The second-order valence-corrected chi connectivity index (χ2v) is 6.09. The van der Waals surface area contributed by atoms with Gasteiger partial charge in [-0.15, -0.1) is 0 Å². The van der Waals surface area contributed by atoms with Gasteiger partial charge in [0.05, 0.1) is 0 Å². The molecular weight excluding hydrogens is 302 g/mol. The van der Waals surface area contributed by atoms with Gasteiger partial charge in [0, 0.05) is 29.6 Å². The van der Waals surface area contributed by atoms with Crippen molar-refractivity contribution in [2.24, 2.45) is 7.05 Å². The summed E-state index contributed by atoms with van der Waals surface area (Å²) in [4.78, 5) is 0. The van der Waals surface area contributed by atoms with Crippen LogP contribution in [0.5, 0.6) is 0 Å². The molecule has 0 aliphatic carbocycles. The topological polar surface area (TPSA) is 4.93 Å². The fourth-order valence-corrected chi connectivity index (χ4v) is 3.50. The van der Waals surface area contributed by atoms with E-state index >= 15 is 0 Å². The van der Waals surface area contributed by atoms with E-state index in [-0.39, 0.29) is 0 Å². The van der Waals surface area contributed by atoms with Crippen molar-refractivity contribution in [1.82, 2.24) is 4.57 Å². The third kappa shape index (κ3) is 2.68. The van der Waals surface area contributed by atoms with Crippen molar-refractivity contribution in [2.75, 3.05) is 0 Å². The lowest BCUT2D eigenvalue weighted by atomic mass is 9.90. The molecular formula is C24H23N. The smallest absolute Gasteiger partial charge is 0.0489 e. The first-order valence-electron chi connectivity index (χ1n) is 8.39. The number of benzene rings is 2. The number of rotatable bonds is 5. The Kier molecular flexibility index (Phi) is 4.58. The maximum atomic E-state index is 4.06. The van der Waals surface area contributed by atoms with Crippen molar-refractivity contribution in [1.29, 1.82) is 0 Å². The maximum absolute atomic E-state index is 4.06. The third-order valence-corrected chi connectivity index (χ3v) is 4.74. The van der Waals surface area contributed by atoms with Crippen LogP contribution >= 0.6 is 0 Å². The number of aromatic nitrogens is 1. The van der Waals surface area contributed by atoms with Crippen molar-refractivity contribution in [3.63, 3.8) is 0 Å². The van der Waals surface area contributed by atoms with Gasteiger partial charge in [-0.25, -0.2) is 0 Å². The number of hydrogen-bond donors (Lipinski definition) is 0. The summed E-state index contributed by atoms with van der Waals surface area (Å²) in [5.74, 6) is 0. The lowest BCUT2D eigenvalue weighted by Crippen LogP contribution is -1.94. The number of aryl methyl sites for hydroxylation is 1. The first kappa shape index (κ1) is 16.8. The highest BCUT2D eigenvalue weighted by molar-refractivity contribution is 5.96. The predicted octanol–water partition coefficient (Wildman–Crippen LogP) is 6.60.